The molecule has 0 spiro atoms. The molecule has 0 nitrogen and oxygen atoms in total. The van der Waals surface area contributed by atoms with Gasteiger partial charge in [-0.15, -0.1) is 0 Å². The Morgan fingerprint density at radius 2 is 1.14 bits per heavy atom. The Bertz CT molecular complexity index is 137. The Morgan fingerprint density at radius 1 is 0.786 bits per heavy atom. The minimum absolute atomic E-state index is 0.496. The third kappa shape index (κ3) is 3.29. The Balaban J connectivity index is 4.75. The molecule has 0 saturated heterocycles. The van der Waals surface area contributed by atoms with Crippen LogP contribution in [0.2, 0.25) is 0 Å². The third-order valence-electron chi connectivity index (χ3n) is 4.29. The average Bonchev–Trinajstić information content (AvgIpc) is 2.13. The van der Waals surface area contributed by atoms with Crippen LogP contribution in [0.25, 0.3) is 0 Å². The number of hydrogen-bond acceptors (Lipinski definition) is 0. The molecule has 0 radical (unpaired) electrons. The highest BCUT2D eigenvalue weighted by Gasteiger charge is 2.37. The molecular formula is C14H30. The van der Waals surface area contributed by atoms with E-state index in [9.17, 15) is 0 Å². The van der Waals surface area contributed by atoms with E-state index in [1.165, 1.54) is 25.7 Å². The molecule has 0 aliphatic carbocycles. The lowest BCUT2D eigenvalue weighted by molar-refractivity contribution is 0.0564. The van der Waals surface area contributed by atoms with Crippen molar-refractivity contribution in [3.8, 4) is 0 Å². The number of hydrogen-bond donors (Lipinski definition) is 0. The lowest BCUT2D eigenvalue weighted by Gasteiger charge is -2.44. The van der Waals surface area contributed by atoms with Gasteiger partial charge in [-0.1, -0.05) is 67.7 Å². The first kappa shape index (κ1) is 14.0. The summed E-state index contributed by atoms with van der Waals surface area (Å²) in [6.45, 7) is 16.7. The van der Waals surface area contributed by atoms with Gasteiger partial charge in [0.15, 0.2) is 0 Å². The van der Waals surface area contributed by atoms with Crippen LogP contribution in [0.15, 0.2) is 0 Å². The van der Waals surface area contributed by atoms with Crippen molar-refractivity contribution in [2.75, 3.05) is 0 Å². The lowest BCUT2D eigenvalue weighted by atomic mass is 9.61. The van der Waals surface area contributed by atoms with Gasteiger partial charge in [0, 0.05) is 0 Å². The van der Waals surface area contributed by atoms with E-state index in [1.54, 1.807) is 0 Å². The summed E-state index contributed by atoms with van der Waals surface area (Å²) in [5, 5.41) is 0. The largest absolute Gasteiger partial charge is 0.0654 e. The van der Waals surface area contributed by atoms with Crippen molar-refractivity contribution in [3.05, 3.63) is 0 Å². The van der Waals surface area contributed by atoms with Crippen molar-refractivity contribution in [2.24, 2.45) is 16.7 Å². The Hall–Kier alpha value is 0. The first-order valence-corrected chi connectivity index (χ1v) is 6.31. The van der Waals surface area contributed by atoms with Crippen molar-refractivity contribution in [3.63, 3.8) is 0 Å². The Labute approximate surface area is 91.5 Å². The highest BCUT2D eigenvalue weighted by molar-refractivity contribution is 4.87. The SMILES string of the molecule is CCCC(C(C)(C)CC)C(C)(C)CC. The molecule has 0 heteroatoms. The predicted octanol–water partition coefficient (Wildman–Crippen LogP) is 5.28. The summed E-state index contributed by atoms with van der Waals surface area (Å²) < 4.78 is 0. The summed E-state index contributed by atoms with van der Waals surface area (Å²) in [4.78, 5) is 0. The fourth-order valence-electron chi connectivity index (χ4n) is 2.62. The lowest BCUT2D eigenvalue weighted by Crippen LogP contribution is -2.35. The molecule has 0 N–H and O–H groups in total. The second kappa shape index (κ2) is 5.19. The molecule has 0 aromatic heterocycles. The van der Waals surface area contributed by atoms with Gasteiger partial charge in [-0.3, -0.25) is 0 Å². The molecule has 0 rings (SSSR count). The molecule has 0 saturated carbocycles. The maximum Gasteiger partial charge on any atom is -0.0312 e. The van der Waals surface area contributed by atoms with E-state index < -0.39 is 0 Å². The zero-order valence-electron chi connectivity index (χ0n) is 11.4. The van der Waals surface area contributed by atoms with Gasteiger partial charge in [0.05, 0.1) is 0 Å². The van der Waals surface area contributed by atoms with E-state index in [0.717, 1.165) is 5.92 Å². The van der Waals surface area contributed by atoms with E-state index in [0.29, 0.717) is 10.8 Å². The second-order valence-corrected chi connectivity index (χ2v) is 6.03. The van der Waals surface area contributed by atoms with Gasteiger partial charge in [0.25, 0.3) is 0 Å². The van der Waals surface area contributed by atoms with Crippen LogP contribution in [0, 0.1) is 16.7 Å². The molecule has 0 unspecified atom stereocenters. The topological polar surface area (TPSA) is 0 Å². The number of rotatable bonds is 6. The molecule has 0 amide bonds. The highest BCUT2D eigenvalue weighted by atomic mass is 14.4. The molecule has 0 aromatic carbocycles. The fraction of sp³-hybridized carbons (Fsp3) is 1.00. The Kier molecular flexibility index (Phi) is 5.19. The van der Waals surface area contributed by atoms with Crippen molar-refractivity contribution < 1.29 is 0 Å². The second-order valence-electron chi connectivity index (χ2n) is 6.03. The summed E-state index contributed by atoms with van der Waals surface area (Å²) in [7, 11) is 0. The van der Waals surface area contributed by atoms with Crippen LogP contribution >= 0.6 is 0 Å². The first-order valence-electron chi connectivity index (χ1n) is 6.31. The minimum Gasteiger partial charge on any atom is -0.0654 e. The summed E-state index contributed by atoms with van der Waals surface area (Å²) in [5.74, 6) is 0.856. The molecule has 0 atom stereocenters. The van der Waals surface area contributed by atoms with Gasteiger partial charge >= 0.3 is 0 Å². The molecule has 0 bridgehead atoms. The maximum absolute atomic E-state index is 2.44. The molecule has 0 aliphatic heterocycles. The monoisotopic (exact) mass is 198 g/mol. The van der Waals surface area contributed by atoms with Gasteiger partial charge in [-0.05, 0) is 23.2 Å². The van der Waals surface area contributed by atoms with Crippen LogP contribution < -0.4 is 0 Å². The van der Waals surface area contributed by atoms with E-state index >= 15 is 0 Å². The van der Waals surface area contributed by atoms with E-state index in [4.69, 9.17) is 0 Å². The summed E-state index contributed by atoms with van der Waals surface area (Å²) >= 11 is 0. The predicted molar refractivity (Wildman–Crippen MR) is 66.5 cm³/mol. The fourth-order valence-corrected chi connectivity index (χ4v) is 2.62. The van der Waals surface area contributed by atoms with Crippen LogP contribution in [0.1, 0.15) is 74.1 Å². The van der Waals surface area contributed by atoms with Gasteiger partial charge in [0.2, 0.25) is 0 Å². The van der Waals surface area contributed by atoms with E-state index in [1.807, 2.05) is 0 Å². The first-order chi connectivity index (χ1) is 6.31. The molecule has 0 aliphatic rings. The standard InChI is InChI=1S/C14H30/c1-8-11-12(13(4,5)9-2)14(6,7)10-3/h12H,8-11H2,1-7H3. The molecule has 14 heavy (non-hydrogen) atoms. The van der Waals surface area contributed by atoms with Gasteiger partial charge in [-0.25, -0.2) is 0 Å². The third-order valence-corrected chi connectivity index (χ3v) is 4.29. The zero-order valence-corrected chi connectivity index (χ0v) is 11.4. The quantitative estimate of drug-likeness (QED) is 0.545. The minimum atomic E-state index is 0.496. The molecular weight excluding hydrogens is 168 g/mol. The van der Waals surface area contributed by atoms with Gasteiger partial charge in [-0.2, -0.15) is 0 Å². The van der Waals surface area contributed by atoms with E-state index in [-0.39, 0.29) is 0 Å². The van der Waals surface area contributed by atoms with Crippen LogP contribution in [0.4, 0.5) is 0 Å². The van der Waals surface area contributed by atoms with Gasteiger partial charge in [0.1, 0.15) is 0 Å². The molecule has 0 aromatic rings. The summed E-state index contributed by atoms with van der Waals surface area (Å²) in [5.41, 5.74) is 0.991. The highest BCUT2D eigenvalue weighted by Crippen LogP contribution is 2.46. The molecule has 0 fully saturated rings. The van der Waals surface area contributed by atoms with Crippen LogP contribution in [-0.2, 0) is 0 Å². The van der Waals surface area contributed by atoms with E-state index in [2.05, 4.69) is 48.5 Å². The van der Waals surface area contributed by atoms with Crippen molar-refractivity contribution >= 4 is 0 Å². The Morgan fingerprint density at radius 3 is 1.36 bits per heavy atom. The smallest absolute Gasteiger partial charge is 0.0312 e. The molecule has 86 valence electrons. The van der Waals surface area contributed by atoms with Crippen LogP contribution in [0.3, 0.4) is 0 Å². The zero-order chi connectivity index (χ0) is 11.4. The van der Waals surface area contributed by atoms with Crippen LogP contribution in [0.5, 0.6) is 0 Å². The van der Waals surface area contributed by atoms with Crippen molar-refractivity contribution in [1.82, 2.24) is 0 Å². The maximum atomic E-state index is 2.44. The summed E-state index contributed by atoms with van der Waals surface area (Å²) in [6.07, 6.45) is 5.28. The van der Waals surface area contributed by atoms with Crippen molar-refractivity contribution in [1.29, 1.82) is 0 Å². The van der Waals surface area contributed by atoms with Gasteiger partial charge < -0.3 is 0 Å². The average molecular weight is 198 g/mol. The summed E-state index contributed by atoms with van der Waals surface area (Å²) in [6, 6.07) is 0. The molecule has 0 heterocycles. The normalized spacial score (nSPS) is 13.7. The van der Waals surface area contributed by atoms with Crippen molar-refractivity contribution in [2.45, 2.75) is 74.1 Å². The van der Waals surface area contributed by atoms with Crippen LogP contribution in [-0.4, -0.2) is 0 Å².